The predicted octanol–water partition coefficient (Wildman–Crippen LogP) is 2.12. The number of hydrogen-bond acceptors (Lipinski definition) is 1. The molecule has 1 heteroatoms. The SMILES string of the molecule is [CH-]=CC(=O)CCCCC. The molecule has 0 saturated heterocycles. The first kappa shape index (κ1) is 8.41. The highest BCUT2D eigenvalue weighted by Gasteiger charge is 1.84. The Morgan fingerprint density at radius 1 is 1.56 bits per heavy atom. The summed E-state index contributed by atoms with van der Waals surface area (Å²) in [5.41, 5.74) is 0. The number of carbonyl (C=O) groups excluding carboxylic acids is 1. The smallest absolute Gasteiger partial charge is 0.000250 e. The van der Waals surface area contributed by atoms with Gasteiger partial charge in [-0.25, -0.2) is 6.08 Å². The van der Waals surface area contributed by atoms with Crippen LogP contribution in [0, 0.1) is 6.58 Å². The Bertz CT molecular complexity index is 94.7. The van der Waals surface area contributed by atoms with Gasteiger partial charge in [0.2, 0.25) is 0 Å². The summed E-state index contributed by atoms with van der Waals surface area (Å²) < 4.78 is 0. The molecule has 0 amide bonds. The lowest BCUT2D eigenvalue weighted by molar-refractivity contribution is -0.114. The van der Waals surface area contributed by atoms with Crippen LogP contribution in [-0.2, 0) is 4.79 Å². The Labute approximate surface area is 56.8 Å². The van der Waals surface area contributed by atoms with Gasteiger partial charge in [-0.3, -0.25) is 6.58 Å². The van der Waals surface area contributed by atoms with Crippen molar-refractivity contribution in [3.63, 3.8) is 0 Å². The van der Waals surface area contributed by atoms with Gasteiger partial charge in [0.05, 0.1) is 0 Å². The number of ketones is 1. The van der Waals surface area contributed by atoms with Crippen LogP contribution in [0.15, 0.2) is 6.08 Å². The Morgan fingerprint density at radius 3 is 2.67 bits per heavy atom. The molecular weight excluding hydrogens is 112 g/mol. The average molecular weight is 125 g/mol. The van der Waals surface area contributed by atoms with Gasteiger partial charge in [0, 0.05) is 5.78 Å². The van der Waals surface area contributed by atoms with Crippen LogP contribution in [0.25, 0.3) is 0 Å². The molecule has 0 heterocycles. The maximum atomic E-state index is 10.5. The maximum absolute atomic E-state index is 10.5. The van der Waals surface area contributed by atoms with Gasteiger partial charge in [-0.15, -0.1) is 0 Å². The summed E-state index contributed by atoms with van der Waals surface area (Å²) in [5.74, 6) is 0.0588. The highest BCUT2D eigenvalue weighted by atomic mass is 16.1. The zero-order valence-corrected chi connectivity index (χ0v) is 5.89. The van der Waals surface area contributed by atoms with E-state index in [1.54, 1.807) is 0 Å². The average Bonchev–Trinajstić information content (AvgIpc) is 1.89. The molecule has 9 heavy (non-hydrogen) atoms. The standard InChI is InChI=1S/C8H13O/c1-3-5-6-7-8(9)4-2/h2,4H,3,5-7H2,1H3/q-1. The summed E-state index contributed by atoms with van der Waals surface area (Å²) in [6, 6.07) is 0. The molecule has 0 radical (unpaired) electrons. The van der Waals surface area contributed by atoms with Gasteiger partial charge in [0.25, 0.3) is 0 Å². The number of hydrogen-bond donors (Lipinski definition) is 0. The molecule has 0 aromatic carbocycles. The zero-order valence-electron chi connectivity index (χ0n) is 5.89. The van der Waals surface area contributed by atoms with Gasteiger partial charge >= 0.3 is 0 Å². The molecule has 0 unspecified atom stereocenters. The minimum absolute atomic E-state index is 0.0588. The van der Waals surface area contributed by atoms with E-state index in [0.29, 0.717) is 6.42 Å². The van der Waals surface area contributed by atoms with Crippen LogP contribution in [0.3, 0.4) is 0 Å². The first-order chi connectivity index (χ1) is 4.31. The second-order valence-corrected chi connectivity index (χ2v) is 2.09. The van der Waals surface area contributed by atoms with Crippen LogP contribution in [0.5, 0.6) is 0 Å². The van der Waals surface area contributed by atoms with Crippen molar-refractivity contribution in [2.24, 2.45) is 0 Å². The Morgan fingerprint density at radius 2 is 2.22 bits per heavy atom. The van der Waals surface area contributed by atoms with Gasteiger partial charge in [0.15, 0.2) is 0 Å². The fourth-order valence-corrected chi connectivity index (χ4v) is 0.633. The third-order valence-electron chi connectivity index (χ3n) is 1.21. The second kappa shape index (κ2) is 5.54. The zero-order chi connectivity index (χ0) is 7.11. The normalized spacial score (nSPS) is 9.00. The fourth-order valence-electron chi connectivity index (χ4n) is 0.633. The van der Waals surface area contributed by atoms with Gasteiger partial charge in [-0.1, -0.05) is 32.6 Å². The molecule has 0 N–H and O–H groups in total. The lowest BCUT2D eigenvalue weighted by atomic mass is 10.1. The number of allylic oxidation sites excluding steroid dienone is 1. The molecule has 52 valence electrons. The van der Waals surface area contributed by atoms with E-state index >= 15 is 0 Å². The summed E-state index contributed by atoms with van der Waals surface area (Å²) >= 11 is 0. The van der Waals surface area contributed by atoms with Crippen LogP contribution < -0.4 is 0 Å². The monoisotopic (exact) mass is 125 g/mol. The molecule has 0 bridgehead atoms. The lowest BCUT2D eigenvalue weighted by Gasteiger charge is -1.98. The summed E-state index contributed by atoms with van der Waals surface area (Å²) in [4.78, 5) is 10.5. The minimum Gasteiger partial charge on any atom is -0.407 e. The van der Waals surface area contributed by atoms with E-state index in [1.165, 1.54) is 0 Å². The summed E-state index contributed by atoms with van der Waals surface area (Å²) in [5, 5.41) is 0. The molecule has 0 fully saturated rings. The number of unbranched alkanes of at least 4 members (excludes halogenated alkanes) is 2. The van der Waals surface area contributed by atoms with Crippen molar-refractivity contribution in [3.05, 3.63) is 12.7 Å². The minimum atomic E-state index is 0.0588. The van der Waals surface area contributed by atoms with Crippen LogP contribution >= 0.6 is 0 Å². The second-order valence-electron chi connectivity index (χ2n) is 2.09. The highest BCUT2D eigenvalue weighted by molar-refractivity contribution is 5.88. The van der Waals surface area contributed by atoms with E-state index in [9.17, 15) is 4.79 Å². The molecule has 0 aromatic rings. The van der Waals surface area contributed by atoms with Gasteiger partial charge in [0.1, 0.15) is 0 Å². The summed E-state index contributed by atoms with van der Waals surface area (Å²) in [6.45, 7) is 7.09. The molecule has 0 saturated carbocycles. The lowest BCUT2D eigenvalue weighted by Crippen LogP contribution is -1.90. The number of rotatable bonds is 5. The number of carbonyl (C=O) groups is 1. The molecular formula is C8H13O-. The van der Waals surface area contributed by atoms with Crippen LogP contribution in [0.4, 0.5) is 0 Å². The maximum Gasteiger partial charge on any atom is 0.000250 e. The van der Waals surface area contributed by atoms with E-state index in [-0.39, 0.29) is 5.78 Å². The summed E-state index contributed by atoms with van der Waals surface area (Å²) in [7, 11) is 0. The van der Waals surface area contributed by atoms with Crippen LogP contribution in [-0.4, -0.2) is 5.78 Å². The summed E-state index contributed by atoms with van der Waals surface area (Å²) in [6.07, 6.45) is 5.01. The quantitative estimate of drug-likeness (QED) is 0.312. The van der Waals surface area contributed by atoms with Crippen molar-refractivity contribution < 1.29 is 4.79 Å². The van der Waals surface area contributed by atoms with Gasteiger partial charge in [-0.05, 0) is 0 Å². The molecule has 0 spiro atoms. The topological polar surface area (TPSA) is 17.1 Å². The van der Waals surface area contributed by atoms with E-state index < -0.39 is 0 Å². The first-order valence-corrected chi connectivity index (χ1v) is 3.39. The fraction of sp³-hybridized carbons (Fsp3) is 0.625. The van der Waals surface area contributed by atoms with E-state index in [1.807, 2.05) is 0 Å². The molecule has 0 aliphatic carbocycles. The van der Waals surface area contributed by atoms with Crippen LogP contribution in [0.2, 0.25) is 0 Å². The van der Waals surface area contributed by atoms with E-state index in [4.69, 9.17) is 6.58 Å². The van der Waals surface area contributed by atoms with Crippen molar-refractivity contribution in [2.45, 2.75) is 32.6 Å². The van der Waals surface area contributed by atoms with Gasteiger partial charge < -0.3 is 4.79 Å². The highest BCUT2D eigenvalue weighted by Crippen LogP contribution is 1.99. The van der Waals surface area contributed by atoms with Crippen molar-refractivity contribution in [1.29, 1.82) is 0 Å². The molecule has 0 aromatic heterocycles. The molecule has 0 rings (SSSR count). The van der Waals surface area contributed by atoms with Crippen LogP contribution in [0.1, 0.15) is 32.6 Å². The third kappa shape index (κ3) is 5.28. The Kier molecular flexibility index (Phi) is 5.18. The predicted molar refractivity (Wildman–Crippen MR) is 38.0 cm³/mol. The molecule has 0 aliphatic rings. The molecule has 0 atom stereocenters. The first-order valence-electron chi connectivity index (χ1n) is 3.39. The van der Waals surface area contributed by atoms with Crippen molar-refractivity contribution >= 4 is 5.78 Å². The Hall–Kier alpha value is -0.590. The van der Waals surface area contributed by atoms with Crippen molar-refractivity contribution in [3.8, 4) is 0 Å². The Balaban J connectivity index is 3.07. The largest absolute Gasteiger partial charge is 0.407 e. The van der Waals surface area contributed by atoms with E-state index in [2.05, 4.69) is 6.92 Å². The van der Waals surface area contributed by atoms with E-state index in [0.717, 1.165) is 25.3 Å². The van der Waals surface area contributed by atoms with Crippen molar-refractivity contribution in [1.82, 2.24) is 0 Å². The van der Waals surface area contributed by atoms with Gasteiger partial charge in [-0.2, -0.15) is 0 Å². The third-order valence-corrected chi connectivity index (χ3v) is 1.21. The molecule has 0 aliphatic heterocycles. The molecule has 1 nitrogen and oxygen atoms in total. The van der Waals surface area contributed by atoms with Crippen molar-refractivity contribution in [2.75, 3.05) is 0 Å².